The third-order valence-electron chi connectivity index (χ3n) is 10.4. The average molecular weight is 975 g/mol. The zero-order valence-corrected chi connectivity index (χ0v) is 40.0. The van der Waals surface area contributed by atoms with Gasteiger partial charge in [-0.2, -0.15) is 0 Å². The largest absolute Gasteiger partial charge is 0.495 e. The molecule has 5 N–H and O–H groups in total. The van der Waals surface area contributed by atoms with Crippen LogP contribution in [-0.4, -0.2) is 124 Å². The molecule has 0 radical (unpaired) electrons. The number of thioether (sulfide) groups is 1. The molecular formula is C46H60ClN5O14S. The third-order valence-corrected chi connectivity index (χ3v) is 12.0. The van der Waals surface area contributed by atoms with E-state index in [0.717, 1.165) is 27.3 Å². The van der Waals surface area contributed by atoms with E-state index in [0.29, 0.717) is 52.9 Å². The molecule has 4 bridgehead atoms. The standard InChI is InChI=1S/C24H31ClN2O6S.C17H20N2O5.C5H9NO3/c1-15-6-4-5-9-24(31)13-17(33-23(30)26-24)14-34-21(29)8-7-20(28)27(2)18-11-16(10-15)12-19(32-3)22(18)25;1-12-6-8-13(9-7-12)18-14(20)4-2-3-5-17(23)24-19-15(21)10-11-16(19)22;1-4(5(8)9)6(2)3-7/h4-6,11-12,17,21,29,31H,7-10,13-14H2,1-3H3,(H,26,30);6-9H,2-5,10-11H2,1H3,(H,18,20);3-4H,1-2H3,(H,8,9)/b5-4+,15-6+;;/t17?,21?,24-;;4-/m1.0/s1. The molecule has 21 heteroatoms. The van der Waals surface area contributed by atoms with Crippen LogP contribution in [0.2, 0.25) is 5.02 Å². The number of hydrogen-bond acceptors (Lipinski definition) is 14. The third kappa shape index (κ3) is 18.7. The summed E-state index contributed by atoms with van der Waals surface area (Å²) in [5.74, 6) is -2.18. The number of halogens is 1. The van der Waals surface area contributed by atoms with Gasteiger partial charge in [0.05, 0.1) is 18.2 Å². The highest BCUT2D eigenvalue weighted by atomic mass is 35.5. The van der Waals surface area contributed by atoms with E-state index in [4.69, 9.17) is 31.0 Å². The lowest BCUT2D eigenvalue weighted by molar-refractivity contribution is -0.197. The van der Waals surface area contributed by atoms with Gasteiger partial charge in [-0.3, -0.25) is 29.3 Å². The molecule has 67 heavy (non-hydrogen) atoms. The minimum atomic E-state index is -1.43. The summed E-state index contributed by atoms with van der Waals surface area (Å²) >= 11 is 7.68. The first kappa shape index (κ1) is 55.4. The fourth-order valence-corrected chi connectivity index (χ4v) is 7.63. The highest BCUT2D eigenvalue weighted by molar-refractivity contribution is 7.99. The smallest absolute Gasteiger partial charge is 0.409 e. The molecule has 0 aliphatic carbocycles. The number of hydroxylamine groups is 2. The zero-order valence-electron chi connectivity index (χ0n) is 38.5. The molecule has 0 aromatic heterocycles. The highest BCUT2D eigenvalue weighted by Gasteiger charge is 2.38. The van der Waals surface area contributed by atoms with Crippen LogP contribution in [0.1, 0.15) is 89.2 Å². The number of anilines is 2. The average Bonchev–Trinajstić information content (AvgIpc) is 3.60. The van der Waals surface area contributed by atoms with Crippen LogP contribution in [0.3, 0.4) is 0 Å². The lowest BCUT2D eigenvalue weighted by atomic mass is 10.00. The number of aliphatic hydroxyl groups excluding tert-OH is 1. The van der Waals surface area contributed by atoms with E-state index in [1.807, 2.05) is 62.4 Å². The summed E-state index contributed by atoms with van der Waals surface area (Å²) < 4.78 is 10.7. The number of unbranched alkanes of at least 4 members (excludes halogenated alkanes) is 1. The molecule has 2 aromatic carbocycles. The number of amides is 6. The number of aliphatic carboxylic acids is 1. The maximum Gasteiger partial charge on any atom is 0.409 e. The molecule has 2 saturated heterocycles. The van der Waals surface area contributed by atoms with Crippen molar-refractivity contribution in [3.05, 3.63) is 76.3 Å². The summed E-state index contributed by atoms with van der Waals surface area (Å²) in [6.07, 6.45) is 7.55. The normalized spacial score (nSPS) is 21.6. The first-order chi connectivity index (χ1) is 31.6. The van der Waals surface area contributed by atoms with E-state index < -0.39 is 53.2 Å². The number of allylic oxidation sites excluding steroid dienone is 3. The van der Waals surface area contributed by atoms with Gasteiger partial charge < -0.3 is 44.7 Å². The second kappa shape index (κ2) is 27.0. The van der Waals surface area contributed by atoms with Crippen LogP contribution in [0.4, 0.5) is 16.2 Å². The van der Waals surface area contributed by atoms with Gasteiger partial charge in [0.1, 0.15) is 28.6 Å². The van der Waals surface area contributed by atoms with Crippen LogP contribution in [-0.2, 0) is 49.6 Å². The molecule has 4 atom stereocenters. The molecule has 2 unspecified atom stereocenters. The van der Waals surface area contributed by atoms with Gasteiger partial charge in [-0.15, -0.1) is 16.8 Å². The number of ether oxygens (including phenoxy) is 2. The first-order valence-electron chi connectivity index (χ1n) is 21.4. The van der Waals surface area contributed by atoms with E-state index in [9.17, 15) is 48.6 Å². The number of methoxy groups -OCH3 is 1. The Kier molecular flexibility index (Phi) is 22.3. The number of nitrogens with one attached hydrogen (secondary N) is 2. The number of fused-ring (bicyclic) bond motifs is 4. The fourth-order valence-electron chi connectivity index (χ4n) is 6.41. The number of rotatable bonds is 11. The number of imide groups is 1. The Labute approximate surface area is 398 Å². The van der Waals surface area contributed by atoms with Gasteiger partial charge in [0, 0.05) is 70.5 Å². The van der Waals surface area contributed by atoms with E-state index in [1.165, 1.54) is 37.7 Å². The van der Waals surface area contributed by atoms with Gasteiger partial charge in [0.15, 0.2) is 0 Å². The molecule has 5 rings (SSSR count). The second-order valence-corrected chi connectivity index (χ2v) is 17.7. The molecule has 3 aliphatic rings. The first-order valence-corrected chi connectivity index (χ1v) is 22.9. The number of carboxylic acids is 1. The van der Waals surface area contributed by atoms with Crippen molar-refractivity contribution < 1.29 is 68.0 Å². The van der Waals surface area contributed by atoms with Crippen molar-refractivity contribution in [2.45, 2.75) is 115 Å². The van der Waals surface area contributed by atoms with Crippen LogP contribution in [0.5, 0.6) is 5.75 Å². The van der Waals surface area contributed by atoms with E-state index in [1.54, 1.807) is 13.1 Å². The number of carboxylic acid groups (broad SMARTS) is 1. The Balaban J connectivity index is 0.000000312. The number of alkyl carbamates (subject to hydrolysis) is 1. The highest BCUT2D eigenvalue weighted by Crippen LogP contribution is 2.37. The lowest BCUT2D eigenvalue weighted by Crippen LogP contribution is -2.56. The fraction of sp³-hybridized carbons (Fsp3) is 0.478. The van der Waals surface area contributed by atoms with E-state index in [2.05, 4.69) is 10.6 Å². The number of carbonyl (C=O) groups excluding carboxylic acids is 7. The van der Waals surface area contributed by atoms with Gasteiger partial charge in [-0.25, -0.2) is 14.4 Å². The van der Waals surface area contributed by atoms with E-state index >= 15 is 0 Å². The summed E-state index contributed by atoms with van der Waals surface area (Å²) in [5.41, 5.74) is 2.09. The van der Waals surface area contributed by atoms with Crippen LogP contribution in [0, 0.1) is 6.92 Å². The number of benzene rings is 2. The second-order valence-electron chi connectivity index (χ2n) is 16.1. The van der Waals surface area contributed by atoms with Gasteiger partial charge in [-0.1, -0.05) is 53.1 Å². The van der Waals surface area contributed by atoms with Crippen molar-refractivity contribution in [3.8, 4) is 5.75 Å². The zero-order chi connectivity index (χ0) is 49.8. The summed E-state index contributed by atoms with van der Waals surface area (Å²) in [6.45, 7) is 5.38. The van der Waals surface area contributed by atoms with Gasteiger partial charge in [-0.05, 0) is 76.3 Å². The van der Waals surface area contributed by atoms with Crippen LogP contribution in [0.15, 0.2) is 60.2 Å². The molecule has 19 nitrogen and oxygen atoms in total. The Bertz CT molecular complexity index is 2140. The van der Waals surface area contributed by atoms with Crippen molar-refractivity contribution in [2.24, 2.45) is 0 Å². The maximum atomic E-state index is 12.9. The number of nitrogens with zero attached hydrogens (tertiary/aromatic N) is 3. The minimum Gasteiger partial charge on any atom is -0.495 e. The summed E-state index contributed by atoms with van der Waals surface area (Å²) in [7, 11) is 4.60. The SMILES string of the molecule is COc1cc2cc(c1Cl)N(C)C(=O)CCC(O)SCC1C[C@](O)(C/C=C/C=C(\C)C2)NC(=O)O1.C[C@@H](C(=O)O)N(C)C=O.Cc1ccc(NC(=O)CCCCC(=O)ON2C(=O)CCC2=O)cc1. The number of aryl methyl sites for hydroxylation is 1. The Morgan fingerprint density at radius 2 is 1.72 bits per heavy atom. The molecular weight excluding hydrogens is 914 g/mol. The summed E-state index contributed by atoms with van der Waals surface area (Å²) in [4.78, 5) is 98.1. The van der Waals surface area contributed by atoms with Crippen LogP contribution >= 0.6 is 23.4 Å². The lowest BCUT2D eigenvalue weighted by Gasteiger charge is -2.36. The Hall–Kier alpha value is -5.96. The van der Waals surface area contributed by atoms with Gasteiger partial charge in [0.25, 0.3) is 11.8 Å². The van der Waals surface area contributed by atoms with Crippen molar-refractivity contribution in [3.63, 3.8) is 0 Å². The van der Waals surface area contributed by atoms with Gasteiger partial charge >= 0.3 is 18.0 Å². The molecule has 6 amide bonds. The molecule has 2 fully saturated rings. The topological polar surface area (TPSA) is 259 Å². The van der Waals surface area contributed by atoms with Crippen LogP contribution in [0.25, 0.3) is 0 Å². The predicted molar refractivity (Wildman–Crippen MR) is 250 cm³/mol. The molecule has 0 spiro atoms. The Morgan fingerprint density at radius 3 is 2.33 bits per heavy atom. The monoisotopic (exact) mass is 973 g/mol. The molecule has 3 heterocycles. The minimum absolute atomic E-state index is 0.0505. The van der Waals surface area contributed by atoms with Crippen molar-refractivity contribution >= 4 is 82.8 Å². The van der Waals surface area contributed by atoms with Crippen molar-refractivity contribution in [1.29, 1.82) is 0 Å². The maximum absolute atomic E-state index is 12.9. The summed E-state index contributed by atoms with van der Waals surface area (Å²) in [6, 6.07) is 10.4. The summed E-state index contributed by atoms with van der Waals surface area (Å²) in [5, 5.41) is 35.6. The molecule has 366 valence electrons. The number of likely N-dealkylation sites (N-methyl/N-ethyl adjacent to an activating group) is 1. The molecule has 2 aromatic rings. The van der Waals surface area contributed by atoms with E-state index in [-0.39, 0.29) is 63.2 Å². The van der Waals surface area contributed by atoms with Crippen molar-refractivity contribution in [1.82, 2.24) is 15.3 Å². The number of aliphatic hydroxyl groups is 2. The predicted octanol–water partition coefficient (Wildman–Crippen LogP) is 5.43. The van der Waals surface area contributed by atoms with Crippen molar-refractivity contribution in [2.75, 3.05) is 37.2 Å². The van der Waals surface area contributed by atoms with Gasteiger partial charge in [0.2, 0.25) is 18.2 Å². The Morgan fingerprint density at radius 1 is 1.06 bits per heavy atom. The number of hydrogen-bond donors (Lipinski definition) is 5. The molecule has 3 aliphatic heterocycles. The quantitative estimate of drug-likeness (QED) is 0.107. The molecule has 0 saturated carbocycles. The number of carbonyl (C=O) groups is 8. The van der Waals surface area contributed by atoms with Crippen LogP contribution < -0.4 is 20.3 Å².